The highest BCUT2D eigenvalue weighted by Gasteiger charge is 2.24. The molecule has 0 aliphatic carbocycles. The van der Waals surface area contributed by atoms with Gasteiger partial charge in [-0.15, -0.1) is 12.4 Å². The SMILES string of the molecule is CC(C)C(NC(=O)c1ccc(F)cc1)C(=O)NCc1ccc2c(c1)CNC2.Cl. The number of carbonyl (C=O) groups is 2. The lowest BCUT2D eigenvalue weighted by Gasteiger charge is -2.22. The van der Waals surface area contributed by atoms with Crippen LogP contribution in [0.1, 0.15) is 40.9 Å². The van der Waals surface area contributed by atoms with Crippen LogP contribution < -0.4 is 16.0 Å². The molecule has 0 fully saturated rings. The van der Waals surface area contributed by atoms with Gasteiger partial charge in [0.2, 0.25) is 5.91 Å². The second-order valence-corrected chi connectivity index (χ2v) is 7.13. The molecule has 1 heterocycles. The van der Waals surface area contributed by atoms with Gasteiger partial charge in [-0.05, 0) is 46.9 Å². The Labute approximate surface area is 170 Å². The highest BCUT2D eigenvalue weighted by Crippen LogP contribution is 2.17. The van der Waals surface area contributed by atoms with Gasteiger partial charge >= 0.3 is 0 Å². The van der Waals surface area contributed by atoms with Gasteiger partial charge in [-0.1, -0.05) is 32.0 Å². The van der Waals surface area contributed by atoms with E-state index in [0.717, 1.165) is 18.7 Å². The number of amides is 2. The fraction of sp³-hybridized carbons (Fsp3) is 0.333. The number of hydrogen-bond acceptors (Lipinski definition) is 3. The summed E-state index contributed by atoms with van der Waals surface area (Å²) in [5.41, 5.74) is 3.89. The van der Waals surface area contributed by atoms with Crippen LogP contribution in [0.15, 0.2) is 42.5 Å². The fourth-order valence-corrected chi connectivity index (χ4v) is 3.12. The van der Waals surface area contributed by atoms with E-state index in [9.17, 15) is 14.0 Å². The van der Waals surface area contributed by atoms with Crippen molar-refractivity contribution in [3.8, 4) is 0 Å². The van der Waals surface area contributed by atoms with Gasteiger partial charge in [-0.2, -0.15) is 0 Å². The lowest BCUT2D eigenvalue weighted by atomic mass is 10.0. The Balaban J connectivity index is 0.00000280. The third-order valence-electron chi connectivity index (χ3n) is 4.71. The van der Waals surface area contributed by atoms with Gasteiger partial charge in [0.05, 0.1) is 0 Å². The summed E-state index contributed by atoms with van der Waals surface area (Å²) in [6.07, 6.45) is 0. The lowest BCUT2D eigenvalue weighted by molar-refractivity contribution is -0.124. The molecule has 0 saturated carbocycles. The molecule has 1 aliphatic heterocycles. The average molecular weight is 406 g/mol. The first-order valence-corrected chi connectivity index (χ1v) is 9.09. The Bertz CT molecular complexity index is 840. The number of benzene rings is 2. The molecule has 3 N–H and O–H groups in total. The van der Waals surface area contributed by atoms with E-state index in [1.54, 1.807) is 0 Å². The van der Waals surface area contributed by atoms with Crippen molar-refractivity contribution < 1.29 is 14.0 Å². The van der Waals surface area contributed by atoms with Crippen LogP contribution in [-0.2, 0) is 24.4 Å². The summed E-state index contributed by atoms with van der Waals surface area (Å²) in [7, 11) is 0. The number of carbonyl (C=O) groups excluding carboxylic acids is 2. The second kappa shape index (κ2) is 9.66. The van der Waals surface area contributed by atoms with Crippen molar-refractivity contribution in [3.05, 3.63) is 70.5 Å². The maximum absolute atomic E-state index is 13.0. The van der Waals surface area contributed by atoms with Crippen LogP contribution in [0.4, 0.5) is 4.39 Å². The molecule has 0 spiro atoms. The summed E-state index contributed by atoms with van der Waals surface area (Å²) in [6, 6.07) is 10.8. The van der Waals surface area contributed by atoms with Crippen molar-refractivity contribution in [1.29, 1.82) is 0 Å². The monoisotopic (exact) mass is 405 g/mol. The number of fused-ring (bicyclic) bond motifs is 1. The third-order valence-corrected chi connectivity index (χ3v) is 4.71. The number of hydrogen-bond donors (Lipinski definition) is 3. The molecule has 1 atom stereocenters. The Kier molecular flexibility index (Phi) is 7.54. The molecule has 28 heavy (non-hydrogen) atoms. The molecule has 0 saturated heterocycles. The second-order valence-electron chi connectivity index (χ2n) is 7.13. The Morgan fingerprint density at radius 2 is 1.75 bits per heavy atom. The van der Waals surface area contributed by atoms with Crippen LogP contribution >= 0.6 is 12.4 Å². The zero-order valence-electron chi connectivity index (χ0n) is 15.9. The maximum Gasteiger partial charge on any atom is 0.251 e. The van der Waals surface area contributed by atoms with Crippen LogP contribution in [0.25, 0.3) is 0 Å². The molecule has 0 bridgehead atoms. The predicted octanol–water partition coefficient (Wildman–Crippen LogP) is 2.92. The van der Waals surface area contributed by atoms with Crippen molar-refractivity contribution in [2.75, 3.05) is 0 Å². The quantitative estimate of drug-likeness (QED) is 0.692. The van der Waals surface area contributed by atoms with Gasteiger partial charge < -0.3 is 16.0 Å². The largest absolute Gasteiger partial charge is 0.350 e. The molecule has 0 aromatic heterocycles. The summed E-state index contributed by atoms with van der Waals surface area (Å²) < 4.78 is 13.0. The lowest BCUT2D eigenvalue weighted by Crippen LogP contribution is -2.49. The Morgan fingerprint density at radius 1 is 1.07 bits per heavy atom. The zero-order valence-corrected chi connectivity index (χ0v) is 16.7. The van der Waals surface area contributed by atoms with Crippen LogP contribution in [0.2, 0.25) is 0 Å². The van der Waals surface area contributed by atoms with Crippen LogP contribution in [0.5, 0.6) is 0 Å². The van der Waals surface area contributed by atoms with Gasteiger partial charge in [0.15, 0.2) is 0 Å². The molecule has 2 aromatic rings. The zero-order chi connectivity index (χ0) is 19.4. The third kappa shape index (κ3) is 5.30. The number of rotatable bonds is 6. The first-order valence-electron chi connectivity index (χ1n) is 9.09. The van der Waals surface area contributed by atoms with E-state index in [4.69, 9.17) is 0 Å². The van der Waals surface area contributed by atoms with E-state index in [2.05, 4.69) is 28.1 Å². The van der Waals surface area contributed by atoms with Gasteiger partial charge in [-0.3, -0.25) is 9.59 Å². The molecule has 1 aliphatic rings. The summed E-state index contributed by atoms with van der Waals surface area (Å²) in [4.78, 5) is 25.0. The Morgan fingerprint density at radius 3 is 2.43 bits per heavy atom. The topological polar surface area (TPSA) is 70.2 Å². The van der Waals surface area contributed by atoms with Crippen molar-refractivity contribution in [1.82, 2.24) is 16.0 Å². The van der Waals surface area contributed by atoms with Crippen molar-refractivity contribution in [3.63, 3.8) is 0 Å². The van der Waals surface area contributed by atoms with Gasteiger partial charge in [0.1, 0.15) is 11.9 Å². The highest BCUT2D eigenvalue weighted by atomic mass is 35.5. The molecule has 0 radical (unpaired) electrons. The minimum absolute atomic E-state index is 0. The molecule has 3 rings (SSSR count). The van der Waals surface area contributed by atoms with Crippen molar-refractivity contribution >= 4 is 24.2 Å². The number of halogens is 2. The molecule has 2 amide bonds. The van der Waals surface area contributed by atoms with Crippen LogP contribution in [-0.4, -0.2) is 17.9 Å². The van der Waals surface area contributed by atoms with E-state index in [1.807, 2.05) is 19.9 Å². The van der Waals surface area contributed by atoms with Crippen LogP contribution in [0, 0.1) is 11.7 Å². The predicted molar refractivity (Wildman–Crippen MR) is 109 cm³/mol. The normalized spacial score (nSPS) is 13.4. The van der Waals surface area contributed by atoms with Gasteiger partial charge in [-0.25, -0.2) is 4.39 Å². The molecular weight excluding hydrogens is 381 g/mol. The standard InChI is InChI=1S/C21H24FN3O2.ClH/c1-13(2)19(25-20(26)15-5-7-18(22)8-6-15)21(27)24-10-14-3-4-16-11-23-12-17(16)9-14;/h3-9,13,19,23H,10-12H2,1-2H3,(H,24,27)(H,25,26);1H. The summed E-state index contributed by atoms with van der Waals surface area (Å²) >= 11 is 0. The first kappa shape index (κ1) is 21.9. The van der Waals surface area contributed by atoms with E-state index in [-0.39, 0.29) is 24.2 Å². The van der Waals surface area contributed by atoms with Gasteiger partial charge in [0, 0.05) is 25.2 Å². The molecule has 1 unspecified atom stereocenters. The summed E-state index contributed by atoms with van der Waals surface area (Å²) in [6.45, 7) is 5.88. The maximum atomic E-state index is 13.0. The Hall–Kier alpha value is -2.44. The number of nitrogens with one attached hydrogen (secondary N) is 3. The minimum Gasteiger partial charge on any atom is -0.350 e. The molecule has 2 aromatic carbocycles. The highest BCUT2D eigenvalue weighted by molar-refractivity contribution is 5.97. The first-order chi connectivity index (χ1) is 12.9. The van der Waals surface area contributed by atoms with E-state index >= 15 is 0 Å². The fourth-order valence-electron chi connectivity index (χ4n) is 3.12. The molecule has 150 valence electrons. The molecule has 5 nitrogen and oxygen atoms in total. The summed E-state index contributed by atoms with van der Waals surface area (Å²) in [5, 5.41) is 8.95. The van der Waals surface area contributed by atoms with E-state index in [1.165, 1.54) is 35.4 Å². The smallest absolute Gasteiger partial charge is 0.251 e. The van der Waals surface area contributed by atoms with Crippen molar-refractivity contribution in [2.45, 2.75) is 39.5 Å². The molecular formula is C21H25ClFN3O2. The van der Waals surface area contributed by atoms with E-state index < -0.39 is 17.8 Å². The van der Waals surface area contributed by atoms with Crippen LogP contribution in [0.3, 0.4) is 0 Å². The van der Waals surface area contributed by atoms with Crippen molar-refractivity contribution in [2.24, 2.45) is 5.92 Å². The summed E-state index contributed by atoms with van der Waals surface area (Å²) in [5.74, 6) is -1.13. The van der Waals surface area contributed by atoms with Gasteiger partial charge in [0.25, 0.3) is 5.91 Å². The minimum atomic E-state index is -0.668. The van der Waals surface area contributed by atoms with E-state index in [0.29, 0.717) is 12.1 Å². The average Bonchev–Trinajstić information content (AvgIpc) is 3.12. The molecule has 7 heteroatoms.